The number of hydrogen-bond donors (Lipinski definition) is 3. The van der Waals surface area contributed by atoms with Crippen LogP contribution in [-0.2, 0) is 9.53 Å². The predicted octanol–water partition coefficient (Wildman–Crippen LogP) is 1.06. The molecule has 1 amide bonds. The number of thiocarbonyl (C=S) groups is 1. The van der Waals surface area contributed by atoms with Gasteiger partial charge in [0.2, 0.25) is 5.91 Å². The largest absolute Gasteiger partial charge is 0.469 e. The Morgan fingerprint density at radius 3 is 3.05 bits per heavy atom. The van der Waals surface area contributed by atoms with Crippen LogP contribution in [0.15, 0.2) is 22.8 Å². The van der Waals surface area contributed by atoms with E-state index in [0.29, 0.717) is 11.7 Å². The van der Waals surface area contributed by atoms with Crippen molar-refractivity contribution in [1.82, 2.24) is 16.2 Å². The molecule has 3 rings (SSSR count). The first-order valence-electron chi connectivity index (χ1n) is 7.23. The third-order valence-corrected chi connectivity index (χ3v) is 4.10. The summed E-state index contributed by atoms with van der Waals surface area (Å²) in [7, 11) is 0. The standard InChI is InChI=1S/C14H19N3O3S/c18-13(11-7-10(11)12-4-2-6-20-12)16-17-14(21)15-8-9-3-1-5-19-9/h2,4,6,9-11H,1,3,5,7-8H2,(H,16,18)(H2,15,17,21). The molecular formula is C14H19N3O3S. The Hall–Kier alpha value is -1.60. The summed E-state index contributed by atoms with van der Waals surface area (Å²) in [6.07, 6.45) is 4.81. The molecule has 21 heavy (non-hydrogen) atoms. The van der Waals surface area contributed by atoms with Crippen LogP contribution in [0.5, 0.6) is 0 Å². The predicted molar refractivity (Wildman–Crippen MR) is 80.4 cm³/mol. The van der Waals surface area contributed by atoms with E-state index in [1.165, 1.54) is 0 Å². The van der Waals surface area contributed by atoms with Crippen molar-refractivity contribution in [2.75, 3.05) is 13.2 Å². The van der Waals surface area contributed by atoms with Crippen molar-refractivity contribution in [3.05, 3.63) is 24.2 Å². The van der Waals surface area contributed by atoms with Crippen LogP contribution in [0.3, 0.4) is 0 Å². The lowest BCUT2D eigenvalue weighted by Crippen LogP contribution is -2.48. The Labute approximate surface area is 128 Å². The molecular weight excluding hydrogens is 290 g/mol. The minimum Gasteiger partial charge on any atom is -0.469 e. The van der Waals surface area contributed by atoms with Gasteiger partial charge in [0.05, 0.1) is 18.3 Å². The molecule has 3 N–H and O–H groups in total. The summed E-state index contributed by atoms with van der Waals surface area (Å²) in [4.78, 5) is 11.9. The lowest BCUT2D eigenvalue weighted by molar-refractivity contribution is -0.123. The normalized spacial score (nSPS) is 27.1. The zero-order valence-corrected chi connectivity index (χ0v) is 12.4. The van der Waals surface area contributed by atoms with Gasteiger partial charge in [0.25, 0.3) is 0 Å². The Morgan fingerprint density at radius 1 is 1.43 bits per heavy atom. The summed E-state index contributed by atoms with van der Waals surface area (Å²) in [5.41, 5.74) is 5.36. The Bertz CT molecular complexity index is 500. The Morgan fingerprint density at radius 2 is 2.33 bits per heavy atom. The van der Waals surface area contributed by atoms with Crippen molar-refractivity contribution < 1.29 is 13.9 Å². The van der Waals surface area contributed by atoms with E-state index in [1.807, 2.05) is 12.1 Å². The highest BCUT2D eigenvalue weighted by Crippen LogP contribution is 2.47. The maximum atomic E-state index is 11.9. The van der Waals surface area contributed by atoms with E-state index in [0.717, 1.165) is 31.6 Å². The van der Waals surface area contributed by atoms with E-state index in [2.05, 4.69) is 16.2 Å². The molecule has 1 saturated heterocycles. The van der Waals surface area contributed by atoms with Gasteiger partial charge in [-0.1, -0.05) is 0 Å². The summed E-state index contributed by atoms with van der Waals surface area (Å²) in [6, 6.07) is 3.74. The van der Waals surface area contributed by atoms with Crippen molar-refractivity contribution >= 4 is 23.2 Å². The van der Waals surface area contributed by atoms with Crippen LogP contribution >= 0.6 is 12.2 Å². The summed E-state index contributed by atoms with van der Waals surface area (Å²) in [5, 5.41) is 3.45. The number of furan rings is 1. The minimum atomic E-state index is -0.0577. The molecule has 1 aromatic rings. The highest BCUT2D eigenvalue weighted by Gasteiger charge is 2.45. The summed E-state index contributed by atoms with van der Waals surface area (Å²) in [6.45, 7) is 1.49. The lowest BCUT2D eigenvalue weighted by atomic mass is 10.2. The highest BCUT2D eigenvalue weighted by molar-refractivity contribution is 7.80. The molecule has 0 spiro atoms. The van der Waals surface area contributed by atoms with Crippen LogP contribution in [0.1, 0.15) is 30.9 Å². The smallest absolute Gasteiger partial charge is 0.242 e. The van der Waals surface area contributed by atoms with E-state index in [1.54, 1.807) is 6.26 Å². The van der Waals surface area contributed by atoms with Gasteiger partial charge in [-0.15, -0.1) is 0 Å². The fraction of sp³-hybridized carbons (Fsp3) is 0.571. The molecule has 1 aliphatic carbocycles. The number of ether oxygens (including phenoxy) is 1. The zero-order valence-electron chi connectivity index (χ0n) is 11.6. The second kappa shape index (κ2) is 6.44. The van der Waals surface area contributed by atoms with Crippen molar-refractivity contribution in [3.8, 4) is 0 Å². The fourth-order valence-corrected chi connectivity index (χ4v) is 2.70. The Balaban J connectivity index is 1.33. The summed E-state index contributed by atoms with van der Waals surface area (Å²) in [5.74, 6) is 0.965. The number of hydrazine groups is 1. The van der Waals surface area contributed by atoms with Crippen molar-refractivity contribution in [3.63, 3.8) is 0 Å². The van der Waals surface area contributed by atoms with Gasteiger partial charge in [0, 0.05) is 19.1 Å². The van der Waals surface area contributed by atoms with Gasteiger partial charge < -0.3 is 14.5 Å². The molecule has 1 aromatic heterocycles. The van der Waals surface area contributed by atoms with Crippen molar-refractivity contribution in [1.29, 1.82) is 0 Å². The Kier molecular flexibility index (Phi) is 4.40. The minimum absolute atomic E-state index is 0.0374. The molecule has 3 atom stereocenters. The molecule has 1 saturated carbocycles. The highest BCUT2D eigenvalue weighted by atomic mass is 32.1. The van der Waals surface area contributed by atoms with Crippen LogP contribution in [0.25, 0.3) is 0 Å². The van der Waals surface area contributed by atoms with Gasteiger partial charge in [0.15, 0.2) is 5.11 Å². The molecule has 3 unspecified atom stereocenters. The first-order valence-corrected chi connectivity index (χ1v) is 7.63. The van der Waals surface area contributed by atoms with E-state index in [-0.39, 0.29) is 23.8 Å². The first-order chi connectivity index (χ1) is 10.2. The zero-order chi connectivity index (χ0) is 14.7. The van der Waals surface area contributed by atoms with E-state index >= 15 is 0 Å². The van der Waals surface area contributed by atoms with Crippen LogP contribution in [0.4, 0.5) is 0 Å². The van der Waals surface area contributed by atoms with Gasteiger partial charge >= 0.3 is 0 Å². The van der Waals surface area contributed by atoms with Crippen molar-refractivity contribution in [2.45, 2.75) is 31.3 Å². The van der Waals surface area contributed by atoms with E-state index in [4.69, 9.17) is 21.4 Å². The molecule has 1 aliphatic heterocycles. The van der Waals surface area contributed by atoms with Gasteiger partial charge in [-0.2, -0.15) is 0 Å². The average Bonchev–Trinajstić information content (AvgIpc) is 2.94. The van der Waals surface area contributed by atoms with Crippen LogP contribution in [0.2, 0.25) is 0 Å². The van der Waals surface area contributed by atoms with Gasteiger partial charge in [-0.05, 0) is 43.6 Å². The second-order valence-corrected chi connectivity index (χ2v) is 5.83. The van der Waals surface area contributed by atoms with E-state index in [9.17, 15) is 4.79 Å². The van der Waals surface area contributed by atoms with Gasteiger partial charge in [0.1, 0.15) is 5.76 Å². The molecule has 114 valence electrons. The molecule has 6 nitrogen and oxygen atoms in total. The molecule has 2 fully saturated rings. The monoisotopic (exact) mass is 309 g/mol. The molecule has 2 heterocycles. The van der Waals surface area contributed by atoms with Crippen LogP contribution in [-0.4, -0.2) is 30.3 Å². The first kappa shape index (κ1) is 14.3. The number of carbonyl (C=O) groups excluding carboxylic acids is 1. The molecule has 0 radical (unpaired) electrons. The van der Waals surface area contributed by atoms with Crippen LogP contribution in [0, 0.1) is 5.92 Å². The SMILES string of the molecule is O=C(NNC(=S)NCC1CCCO1)C1CC1c1ccco1. The van der Waals surface area contributed by atoms with Gasteiger partial charge in [-0.25, -0.2) is 0 Å². The fourth-order valence-electron chi connectivity index (χ4n) is 2.57. The van der Waals surface area contributed by atoms with Crippen molar-refractivity contribution in [2.24, 2.45) is 5.92 Å². The number of hydrogen-bond acceptors (Lipinski definition) is 4. The average molecular weight is 309 g/mol. The van der Waals surface area contributed by atoms with Gasteiger partial charge in [-0.3, -0.25) is 15.6 Å². The topological polar surface area (TPSA) is 75.5 Å². The summed E-state index contributed by atoms with van der Waals surface area (Å²) < 4.78 is 10.8. The molecule has 0 aromatic carbocycles. The number of amides is 1. The van der Waals surface area contributed by atoms with E-state index < -0.39 is 0 Å². The third kappa shape index (κ3) is 3.74. The third-order valence-electron chi connectivity index (χ3n) is 3.85. The molecule has 7 heteroatoms. The number of carbonyl (C=O) groups is 1. The maximum Gasteiger partial charge on any atom is 0.242 e. The molecule has 0 bridgehead atoms. The lowest BCUT2D eigenvalue weighted by Gasteiger charge is -2.14. The summed E-state index contributed by atoms with van der Waals surface area (Å²) >= 11 is 5.11. The number of rotatable bonds is 4. The van der Waals surface area contributed by atoms with Crippen LogP contribution < -0.4 is 16.2 Å². The second-order valence-electron chi connectivity index (χ2n) is 5.42. The quantitative estimate of drug-likeness (QED) is 0.570. The maximum absolute atomic E-state index is 11.9. The molecule has 2 aliphatic rings. The number of nitrogens with one attached hydrogen (secondary N) is 3.